The van der Waals surface area contributed by atoms with Gasteiger partial charge in [0.25, 0.3) is 0 Å². The normalized spacial score (nSPS) is 33.1. The van der Waals surface area contributed by atoms with Crippen LogP contribution in [0.1, 0.15) is 48.5 Å². The van der Waals surface area contributed by atoms with Crippen LogP contribution in [0.4, 0.5) is 0 Å². The van der Waals surface area contributed by atoms with Crippen LogP contribution >= 0.6 is 0 Å². The second kappa shape index (κ2) is 7.40. The molecule has 10 heteroatoms. The van der Waals surface area contributed by atoms with Crippen LogP contribution < -0.4 is 4.72 Å². The average molecular weight is 394 g/mol. The Morgan fingerprint density at radius 1 is 1.19 bits per heavy atom. The highest BCUT2D eigenvalue weighted by Gasteiger charge is 2.53. The van der Waals surface area contributed by atoms with Crippen molar-refractivity contribution in [2.75, 3.05) is 13.2 Å². The van der Waals surface area contributed by atoms with E-state index in [4.69, 9.17) is 18.9 Å². The third-order valence-electron chi connectivity index (χ3n) is 4.12. The highest BCUT2D eigenvalue weighted by atomic mass is 32.2. The molecule has 2 heterocycles. The lowest BCUT2D eigenvalue weighted by atomic mass is 10.0. The molecule has 2 fully saturated rings. The molecule has 26 heavy (non-hydrogen) atoms. The highest BCUT2D eigenvalue weighted by molar-refractivity contribution is 7.84. The summed E-state index contributed by atoms with van der Waals surface area (Å²) in [6, 6.07) is -0.802. The first-order valence-electron chi connectivity index (χ1n) is 8.67. The van der Waals surface area contributed by atoms with Crippen LogP contribution in [0.3, 0.4) is 0 Å². The van der Waals surface area contributed by atoms with E-state index in [0.717, 1.165) is 0 Å². The first-order chi connectivity index (χ1) is 11.7. The number of ether oxygens (including phenoxy) is 4. The lowest BCUT2D eigenvalue weighted by molar-refractivity contribution is -0.485. The molecule has 0 aliphatic carbocycles. The van der Waals surface area contributed by atoms with E-state index < -0.39 is 63.1 Å². The van der Waals surface area contributed by atoms with Gasteiger partial charge in [0.05, 0.1) is 22.3 Å². The van der Waals surface area contributed by atoms with E-state index in [1.165, 1.54) is 0 Å². The van der Waals surface area contributed by atoms with Gasteiger partial charge in [-0.15, -0.1) is 0 Å². The van der Waals surface area contributed by atoms with Gasteiger partial charge in [0.1, 0.15) is 24.4 Å². The third kappa shape index (κ3) is 5.43. The number of nitrogens with one attached hydrogen (secondary N) is 1. The molecule has 2 aliphatic rings. The molecule has 0 radical (unpaired) electrons. The zero-order valence-electron chi connectivity index (χ0n) is 16.4. The quantitative estimate of drug-likeness (QED) is 0.535. The molecule has 0 amide bonds. The Hall–Kier alpha value is -0.650. The average Bonchev–Trinajstić information content (AvgIpc) is 2.95. The van der Waals surface area contributed by atoms with Gasteiger partial charge in [0.2, 0.25) is 6.54 Å². The Morgan fingerprint density at radius 3 is 2.27 bits per heavy atom. The van der Waals surface area contributed by atoms with E-state index in [0.29, 0.717) is 6.61 Å². The molecule has 0 saturated carbocycles. The van der Waals surface area contributed by atoms with Crippen LogP contribution in [0.15, 0.2) is 0 Å². The Labute approximate surface area is 156 Å². The van der Waals surface area contributed by atoms with Crippen molar-refractivity contribution in [3.05, 3.63) is 10.1 Å². The number of nitro groups is 1. The molecule has 2 aliphatic heterocycles. The number of rotatable bonds is 6. The van der Waals surface area contributed by atoms with E-state index in [1.807, 2.05) is 0 Å². The molecule has 2 saturated heterocycles. The summed E-state index contributed by atoms with van der Waals surface area (Å²) in [4.78, 5) is 10.8. The van der Waals surface area contributed by atoms with E-state index >= 15 is 0 Å². The molecule has 2 rings (SSSR count). The van der Waals surface area contributed by atoms with Crippen molar-refractivity contribution in [1.82, 2.24) is 4.72 Å². The maximum Gasteiger partial charge on any atom is 0.222 e. The molecule has 0 bridgehead atoms. The number of nitrogens with zero attached hydrogens (tertiary/aromatic N) is 1. The summed E-state index contributed by atoms with van der Waals surface area (Å²) in [7, 11) is -1.50. The topological polar surface area (TPSA) is 109 Å². The monoisotopic (exact) mass is 394 g/mol. The van der Waals surface area contributed by atoms with Crippen LogP contribution in [0.25, 0.3) is 0 Å². The minimum Gasteiger partial charge on any atom is -0.348 e. The van der Waals surface area contributed by atoms with Crippen LogP contribution in [0.5, 0.6) is 0 Å². The second-order valence-corrected chi connectivity index (χ2v) is 10.6. The van der Waals surface area contributed by atoms with E-state index in [2.05, 4.69) is 4.72 Å². The van der Waals surface area contributed by atoms with E-state index in [1.54, 1.807) is 48.5 Å². The van der Waals surface area contributed by atoms with Gasteiger partial charge in [0, 0.05) is 4.92 Å². The van der Waals surface area contributed by atoms with Crippen LogP contribution in [-0.2, 0) is 29.9 Å². The van der Waals surface area contributed by atoms with Gasteiger partial charge >= 0.3 is 0 Å². The largest absolute Gasteiger partial charge is 0.348 e. The van der Waals surface area contributed by atoms with Gasteiger partial charge in [-0.3, -0.25) is 10.1 Å². The Bertz CT molecular complexity index is 561. The van der Waals surface area contributed by atoms with Crippen LogP contribution in [0, 0.1) is 10.1 Å². The summed E-state index contributed by atoms with van der Waals surface area (Å²) >= 11 is 0. The van der Waals surface area contributed by atoms with Gasteiger partial charge < -0.3 is 18.9 Å². The van der Waals surface area contributed by atoms with Gasteiger partial charge in [-0.2, -0.15) is 0 Å². The van der Waals surface area contributed by atoms with Crippen molar-refractivity contribution in [3.63, 3.8) is 0 Å². The SMILES string of the molecule is CC1(C)O[C@H]([C@@H](C[N+](=O)[O-])N[S@](=O)C(C)(C)C)[C@@H]([C@H]2COC(C)(C)O2)O1. The fourth-order valence-electron chi connectivity index (χ4n) is 2.98. The van der Waals surface area contributed by atoms with Gasteiger partial charge in [-0.1, -0.05) is 0 Å². The molecule has 0 aromatic heterocycles. The summed E-state index contributed by atoms with van der Waals surface area (Å²) in [6.45, 7) is 12.3. The van der Waals surface area contributed by atoms with E-state index in [9.17, 15) is 14.3 Å². The lowest BCUT2D eigenvalue weighted by Gasteiger charge is -2.29. The number of hydrogen-bond acceptors (Lipinski definition) is 7. The van der Waals surface area contributed by atoms with Gasteiger partial charge in [-0.25, -0.2) is 8.93 Å². The summed E-state index contributed by atoms with van der Waals surface area (Å²) < 4.78 is 38.3. The predicted molar refractivity (Wildman–Crippen MR) is 95.4 cm³/mol. The zero-order valence-corrected chi connectivity index (χ0v) is 17.3. The minimum absolute atomic E-state index is 0.293. The Morgan fingerprint density at radius 2 is 1.81 bits per heavy atom. The molecule has 0 unspecified atom stereocenters. The minimum atomic E-state index is -1.50. The van der Waals surface area contributed by atoms with Crippen molar-refractivity contribution >= 4 is 11.0 Å². The van der Waals surface area contributed by atoms with Crippen molar-refractivity contribution in [3.8, 4) is 0 Å². The smallest absolute Gasteiger partial charge is 0.222 e. The maximum absolute atomic E-state index is 12.5. The van der Waals surface area contributed by atoms with Crippen LogP contribution in [0.2, 0.25) is 0 Å². The molecule has 0 spiro atoms. The summed E-state index contributed by atoms with van der Waals surface area (Å²) in [5.41, 5.74) is 0. The van der Waals surface area contributed by atoms with Crippen molar-refractivity contribution < 1.29 is 28.1 Å². The number of hydrogen-bond donors (Lipinski definition) is 1. The standard InChI is InChI=1S/C16H30N2O7S/c1-14(2,3)26(21)17-10(8-18(19)20)12-13(25-16(6,7)24-12)11-9-22-15(4,5)23-11/h10-13,17H,8-9H2,1-7H3/t10-,11-,12-,13-,26-/m1/s1. The molecular weight excluding hydrogens is 364 g/mol. The molecule has 152 valence electrons. The van der Waals surface area contributed by atoms with Crippen LogP contribution in [-0.4, -0.2) is 63.0 Å². The zero-order chi connectivity index (χ0) is 19.9. The van der Waals surface area contributed by atoms with Gasteiger partial charge in [-0.05, 0) is 48.5 Å². The molecular formula is C16H30N2O7S. The fourth-order valence-corrected chi connectivity index (χ4v) is 3.81. The molecule has 9 nitrogen and oxygen atoms in total. The first-order valence-corrected chi connectivity index (χ1v) is 9.82. The Kier molecular flexibility index (Phi) is 6.16. The predicted octanol–water partition coefficient (Wildman–Crippen LogP) is 1.36. The third-order valence-corrected chi connectivity index (χ3v) is 5.75. The Balaban J connectivity index is 2.24. The first kappa shape index (κ1) is 21.6. The maximum atomic E-state index is 12.5. The lowest BCUT2D eigenvalue weighted by Crippen LogP contribution is -2.54. The molecule has 0 aromatic carbocycles. The van der Waals surface area contributed by atoms with E-state index in [-0.39, 0.29) is 0 Å². The summed E-state index contributed by atoms with van der Waals surface area (Å²) in [5, 5.41) is 11.2. The van der Waals surface area contributed by atoms with Crippen molar-refractivity contribution in [1.29, 1.82) is 0 Å². The summed E-state index contributed by atoms with van der Waals surface area (Å²) in [6.07, 6.45) is -1.72. The van der Waals surface area contributed by atoms with Crippen molar-refractivity contribution in [2.24, 2.45) is 0 Å². The highest BCUT2D eigenvalue weighted by Crippen LogP contribution is 2.37. The summed E-state index contributed by atoms with van der Waals surface area (Å²) in [5.74, 6) is -1.70. The molecule has 1 N–H and O–H groups in total. The molecule has 0 aromatic rings. The second-order valence-electron chi connectivity index (χ2n) is 8.55. The fraction of sp³-hybridized carbons (Fsp3) is 1.00. The molecule has 5 atom stereocenters. The van der Waals surface area contributed by atoms with Gasteiger partial charge in [0.15, 0.2) is 11.6 Å². The van der Waals surface area contributed by atoms with Crippen molar-refractivity contribution in [2.45, 2.75) is 89.1 Å².